The Hall–Kier alpha value is -3.72. The van der Waals surface area contributed by atoms with Crippen LogP contribution in [0.4, 0.5) is 14.5 Å². The molecule has 7 nitrogen and oxygen atoms in total. The highest BCUT2D eigenvalue weighted by Crippen LogP contribution is 2.26. The average molecular weight is 462 g/mol. The van der Waals surface area contributed by atoms with Crippen molar-refractivity contribution < 1.29 is 27.8 Å². The lowest BCUT2D eigenvalue weighted by atomic mass is 10.2. The van der Waals surface area contributed by atoms with Crippen molar-refractivity contribution in [1.29, 1.82) is 0 Å². The van der Waals surface area contributed by atoms with Crippen LogP contribution in [0.1, 0.15) is 11.3 Å². The van der Waals surface area contributed by atoms with E-state index in [9.17, 15) is 18.4 Å². The van der Waals surface area contributed by atoms with Crippen LogP contribution >= 0.6 is 11.6 Å². The zero-order valence-electron chi connectivity index (χ0n) is 16.8. The largest absolute Gasteiger partial charge is 0.452 e. The van der Waals surface area contributed by atoms with Gasteiger partial charge >= 0.3 is 12.6 Å². The topological polar surface area (TPSA) is 82.5 Å². The highest BCUT2D eigenvalue weighted by Gasteiger charge is 2.14. The van der Waals surface area contributed by atoms with Crippen LogP contribution in [0.2, 0.25) is 5.15 Å². The summed E-state index contributed by atoms with van der Waals surface area (Å²) in [5, 5.41) is 7.02. The lowest BCUT2D eigenvalue weighted by Crippen LogP contribution is -2.20. The number of rotatable bonds is 8. The molecule has 3 aromatic rings. The van der Waals surface area contributed by atoms with E-state index in [0.29, 0.717) is 16.4 Å². The minimum Gasteiger partial charge on any atom is -0.452 e. The number of aryl methyl sites for hydroxylation is 1. The van der Waals surface area contributed by atoms with E-state index >= 15 is 0 Å². The van der Waals surface area contributed by atoms with Gasteiger partial charge in [0.05, 0.1) is 17.1 Å². The smallest absolute Gasteiger partial charge is 0.387 e. The second-order valence-corrected chi connectivity index (χ2v) is 6.76. The molecule has 0 unspecified atom stereocenters. The maximum Gasteiger partial charge on any atom is 0.387 e. The second-order valence-electron chi connectivity index (χ2n) is 6.40. The zero-order valence-corrected chi connectivity index (χ0v) is 17.6. The monoisotopic (exact) mass is 461 g/mol. The van der Waals surface area contributed by atoms with Crippen molar-refractivity contribution >= 4 is 35.2 Å². The molecule has 0 atom stereocenters. The van der Waals surface area contributed by atoms with Crippen LogP contribution < -0.4 is 10.1 Å². The van der Waals surface area contributed by atoms with Gasteiger partial charge < -0.3 is 14.8 Å². The third-order valence-corrected chi connectivity index (χ3v) is 4.52. The number of para-hydroxylation sites is 3. The first-order chi connectivity index (χ1) is 15.3. The highest BCUT2D eigenvalue weighted by molar-refractivity contribution is 6.31. The number of nitrogens with zero attached hydrogens (tertiary/aromatic N) is 2. The molecule has 0 aliphatic carbocycles. The van der Waals surface area contributed by atoms with Crippen LogP contribution in [-0.4, -0.2) is 34.9 Å². The fourth-order valence-electron chi connectivity index (χ4n) is 2.73. The van der Waals surface area contributed by atoms with E-state index < -0.39 is 25.1 Å². The number of nitrogens with one attached hydrogen (secondary N) is 1. The predicted molar refractivity (Wildman–Crippen MR) is 115 cm³/mol. The molecule has 0 spiro atoms. The summed E-state index contributed by atoms with van der Waals surface area (Å²) in [7, 11) is 0. The Bertz CT molecular complexity index is 1130. The van der Waals surface area contributed by atoms with Crippen LogP contribution in [0.3, 0.4) is 0 Å². The molecule has 0 aliphatic heterocycles. The van der Waals surface area contributed by atoms with Gasteiger partial charge in [0.2, 0.25) is 0 Å². The second kappa shape index (κ2) is 10.5. The number of hydrogen-bond donors (Lipinski definition) is 1. The number of carbonyl (C=O) groups excluding carboxylic acids is 2. The standard InChI is InChI=1S/C22H18ClF2N3O4/c1-14-16(21(23)28(27-14)15-7-3-2-4-8-15)11-12-20(30)31-13-19(29)26-17-9-5-6-10-18(17)32-22(24)25/h2-12,22H,13H2,1H3,(H,26,29)/b12-11+. The first kappa shape index (κ1) is 23.0. The van der Waals surface area contributed by atoms with Gasteiger partial charge in [0.25, 0.3) is 5.91 Å². The van der Waals surface area contributed by atoms with Gasteiger partial charge in [0, 0.05) is 11.6 Å². The summed E-state index contributed by atoms with van der Waals surface area (Å²) in [6.07, 6.45) is 2.56. The number of amides is 1. The van der Waals surface area contributed by atoms with E-state index in [2.05, 4.69) is 15.2 Å². The first-order valence-electron chi connectivity index (χ1n) is 9.34. The van der Waals surface area contributed by atoms with Gasteiger partial charge in [0.15, 0.2) is 6.61 Å². The van der Waals surface area contributed by atoms with E-state index in [0.717, 1.165) is 11.8 Å². The van der Waals surface area contributed by atoms with Gasteiger partial charge in [-0.1, -0.05) is 41.9 Å². The number of alkyl halides is 2. The van der Waals surface area contributed by atoms with Crippen LogP contribution in [0, 0.1) is 6.92 Å². The van der Waals surface area contributed by atoms with Crippen molar-refractivity contribution in [1.82, 2.24) is 9.78 Å². The normalized spacial score (nSPS) is 11.0. The summed E-state index contributed by atoms with van der Waals surface area (Å²) in [6.45, 7) is -1.93. The average Bonchev–Trinajstić information content (AvgIpc) is 3.06. The van der Waals surface area contributed by atoms with Crippen molar-refractivity contribution in [3.63, 3.8) is 0 Å². The van der Waals surface area contributed by atoms with Crippen LogP contribution in [0.15, 0.2) is 60.7 Å². The summed E-state index contributed by atoms with van der Waals surface area (Å²) >= 11 is 6.38. The minimum atomic E-state index is -3.04. The maximum atomic E-state index is 12.4. The van der Waals surface area contributed by atoms with Crippen molar-refractivity contribution in [3.8, 4) is 11.4 Å². The predicted octanol–water partition coefficient (Wildman–Crippen LogP) is 4.63. The molecule has 3 rings (SSSR count). The van der Waals surface area contributed by atoms with Gasteiger partial charge in [-0.15, -0.1) is 0 Å². The number of anilines is 1. The number of halogens is 3. The Morgan fingerprint density at radius 3 is 2.56 bits per heavy atom. The van der Waals surface area contributed by atoms with Gasteiger partial charge in [-0.05, 0) is 37.3 Å². The molecular formula is C22H18ClF2N3O4. The van der Waals surface area contributed by atoms with Gasteiger partial charge in [-0.2, -0.15) is 13.9 Å². The van der Waals surface area contributed by atoms with Crippen molar-refractivity contribution in [3.05, 3.63) is 77.1 Å². The zero-order chi connectivity index (χ0) is 23.1. The van der Waals surface area contributed by atoms with Crippen LogP contribution in [-0.2, 0) is 14.3 Å². The van der Waals surface area contributed by atoms with E-state index in [1.54, 1.807) is 6.92 Å². The Morgan fingerprint density at radius 2 is 1.84 bits per heavy atom. The molecule has 166 valence electrons. The summed E-state index contributed by atoms with van der Waals surface area (Å²) < 4.78 is 35.6. The minimum absolute atomic E-state index is 0.0279. The Morgan fingerprint density at radius 1 is 1.16 bits per heavy atom. The maximum absolute atomic E-state index is 12.4. The Labute approximate surface area is 187 Å². The summed E-state index contributed by atoms with van der Waals surface area (Å²) in [5.74, 6) is -1.72. The molecule has 2 aromatic carbocycles. The van der Waals surface area contributed by atoms with Crippen LogP contribution in [0.5, 0.6) is 5.75 Å². The molecule has 32 heavy (non-hydrogen) atoms. The van der Waals surface area contributed by atoms with Crippen LogP contribution in [0.25, 0.3) is 11.8 Å². The number of benzene rings is 2. The number of ether oxygens (including phenoxy) is 2. The fourth-order valence-corrected chi connectivity index (χ4v) is 3.07. The molecule has 0 aliphatic rings. The molecule has 0 radical (unpaired) electrons. The van der Waals surface area contributed by atoms with E-state index in [1.165, 1.54) is 35.0 Å². The third-order valence-electron chi connectivity index (χ3n) is 4.16. The molecular weight excluding hydrogens is 444 g/mol. The van der Waals surface area contributed by atoms with E-state index in [4.69, 9.17) is 16.3 Å². The quantitative estimate of drug-likeness (QED) is 0.390. The SMILES string of the molecule is Cc1nn(-c2ccccc2)c(Cl)c1/C=C/C(=O)OCC(=O)Nc1ccccc1OC(F)F. The molecule has 1 amide bonds. The fraction of sp³-hybridized carbons (Fsp3) is 0.136. The Balaban J connectivity index is 1.59. The number of hydrogen-bond acceptors (Lipinski definition) is 5. The van der Waals surface area contributed by atoms with Crippen molar-refractivity contribution in [2.24, 2.45) is 0 Å². The van der Waals surface area contributed by atoms with Gasteiger partial charge in [-0.3, -0.25) is 4.79 Å². The van der Waals surface area contributed by atoms with Gasteiger partial charge in [-0.25, -0.2) is 9.48 Å². The number of carbonyl (C=O) groups is 2. The molecule has 0 saturated carbocycles. The molecule has 10 heteroatoms. The summed E-state index contributed by atoms with van der Waals surface area (Å²) in [6, 6.07) is 14.9. The molecule has 1 N–H and O–H groups in total. The molecule has 0 fully saturated rings. The van der Waals surface area contributed by atoms with Crippen molar-refractivity contribution in [2.45, 2.75) is 13.5 Å². The lowest BCUT2D eigenvalue weighted by Gasteiger charge is -2.11. The van der Waals surface area contributed by atoms with E-state index in [-0.39, 0.29) is 11.4 Å². The van der Waals surface area contributed by atoms with E-state index in [1.807, 2.05) is 30.3 Å². The third kappa shape index (κ3) is 5.92. The van der Waals surface area contributed by atoms with Crippen molar-refractivity contribution in [2.75, 3.05) is 11.9 Å². The molecule has 0 bridgehead atoms. The Kier molecular flexibility index (Phi) is 7.56. The number of esters is 1. The molecule has 0 saturated heterocycles. The first-order valence-corrected chi connectivity index (χ1v) is 9.72. The summed E-state index contributed by atoms with van der Waals surface area (Å²) in [4.78, 5) is 24.0. The summed E-state index contributed by atoms with van der Waals surface area (Å²) in [5.41, 5.74) is 1.90. The lowest BCUT2D eigenvalue weighted by molar-refractivity contribution is -0.142. The molecule has 1 heterocycles. The molecule has 1 aromatic heterocycles. The van der Waals surface area contributed by atoms with Gasteiger partial charge in [0.1, 0.15) is 10.9 Å². The number of aromatic nitrogens is 2. The highest BCUT2D eigenvalue weighted by atomic mass is 35.5.